The first-order chi connectivity index (χ1) is 12.0. The Labute approximate surface area is 162 Å². The first kappa shape index (κ1) is 19.1. The van der Waals surface area contributed by atoms with Gasteiger partial charge in [0.15, 0.2) is 0 Å². The minimum absolute atomic E-state index is 0. The van der Waals surface area contributed by atoms with Gasteiger partial charge in [-0.15, -0.1) is 12.4 Å². The molecule has 3 unspecified atom stereocenters. The van der Waals surface area contributed by atoms with Crippen molar-refractivity contribution in [3.63, 3.8) is 0 Å². The number of nitrogens with zero attached hydrogens (tertiary/aromatic N) is 3. The lowest BCUT2D eigenvalue weighted by atomic mass is 9.85. The molecule has 2 aliphatic rings. The summed E-state index contributed by atoms with van der Waals surface area (Å²) in [5.74, 6) is -0.339. The number of rotatable bonds is 3. The highest BCUT2D eigenvalue weighted by atomic mass is 35.5. The number of hydrogen-bond acceptors (Lipinski definition) is 4. The molecule has 1 saturated carbocycles. The predicted molar refractivity (Wildman–Crippen MR) is 101 cm³/mol. The highest BCUT2D eigenvalue weighted by Crippen LogP contribution is 2.40. The van der Waals surface area contributed by atoms with Crippen molar-refractivity contribution in [2.45, 2.75) is 50.7 Å². The second kappa shape index (κ2) is 7.55. The Morgan fingerprint density at radius 1 is 1.31 bits per heavy atom. The number of hydrogen-bond donors (Lipinski definition) is 1. The lowest BCUT2D eigenvalue weighted by Crippen LogP contribution is -2.42. The molecule has 1 aliphatic carbocycles. The van der Waals surface area contributed by atoms with E-state index in [4.69, 9.17) is 11.6 Å². The third-order valence-electron chi connectivity index (χ3n) is 5.53. The van der Waals surface area contributed by atoms with Crippen molar-refractivity contribution in [1.82, 2.24) is 14.3 Å². The number of aliphatic carboxylic acids is 1. The summed E-state index contributed by atoms with van der Waals surface area (Å²) in [7, 11) is 0. The monoisotopic (exact) mass is 397 g/mol. The lowest BCUT2D eigenvalue weighted by Gasteiger charge is -2.32. The van der Waals surface area contributed by atoms with Crippen LogP contribution in [0.4, 0.5) is 0 Å². The van der Waals surface area contributed by atoms with Crippen molar-refractivity contribution in [1.29, 1.82) is 0 Å². The second-order valence-corrected chi connectivity index (χ2v) is 7.47. The molecule has 0 aromatic carbocycles. The Balaban J connectivity index is 0.00000196. The van der Waals surface area contributed by atoms with Crippen LogP contribution in [0.25, 0.3) is 5.65 Å². The van der Waals surface area contributed by atoms with Gasteiger partial charge in [0.2, 0.25) is 0 Å². The third kappa shape index (κ3) is 3.46. The van der Waals surface area contributed by atoms with E-state index in [0.29, 0.717) is 35.2 Å². The fourth-order valence-corrected chi connectivity index (χ4v) is 4.58. The molecule has 6 nitrogen and oxygen atoms in total. The SMILES string of the molecule is Cl.O=C(O)C1CC2CCCCC2N1Cc1cc(=O)n2cc(Cl)ccc2n1. The first-order valence-corrected chi connectivity index (χ1v) is 9.07. The summed E-state index contributed by atoms with van der Waals surface area (Å²) in [5, 5.41) is 10.1. The standard InChI is InChI=1S/C18H20ClN3O3.ClH/c19-12-5-6-16-20-13(8-17(23)22(16)9-12)10-21-14-4-2-1-3-11(14)7-15(21)18(24)25;/h5-6,8-9,11,14-15H,1-4,7,10H2,(H,24,25);1H. The maximum absolute atomic E-state index is 12.4. The van der Waals surface area contributed by atoms with Crippen LogP contribution in [-0.2, 0) is 11.3 Å². The van der Waals surface area contributed by atoms with Crippen LogP contribution in [-0.4, -0.2) is 37.4 Å². The van der Waals surface area contributed by atoms with Crippen molar-refractivity contribution in [2.24, 2.45) is 5.92 Å². The van der Waals surface area contributed by atoms with Gasteiger partial charge < -0.3 is 5.11 Å². The fraction of sp³-hybridized carbons (Fsp3) is 0.500. The zero-order valence-corrected chi connectivity index (χ0v) is 15.7. The molecule has 0 radical (unpaired) electrons. The molecule has 8 heteroatoms. The number of pyridine rings is 1. The molecule has 0 amide bonds. The van der Waals surface area contributed by atoms with Crippen molar-refractivity contribution in [3.05, 3.63) is 45.5 Å². The summed E-state index contributed by atoms with van der Waals surface area (Å²) in [6.07, 6.45) is 6.67. The Morgan fingerprint density at radius 3 is 2.85 bits per heavy atom. The van der Waals surface area contributed by atoms with Gasteiger partial charge in [-0.2, -0.15) is 0 Å². The van der Waals surface area contributed by atoms with Crippen LogP contribution in [0.15, 0.2) is 29.2 Å². The molecule has 2 aromatic heterocycles. The third-order valence-corrected chi connectivity index (χ3v) is 5.75. The Hall–Kier alpha value is -1.63. The molecule has 2 aromatic rings. The van der Waals surface area contributed by atoms with Crippen LogP contribution in [0, 0.1) is 5.92 Å². The predicted octanol–water partition coefficient (Wildman–Crippen LogP) is 2.99. The van der Waals surface area contributed by atoms with Crippen molar-refractivity contribution in [3.8, 4) is 0 Å². The van der Waals surface area contributed by atoms with E-state index < -0.39 is 12.0 Å². The van der Waals surface area contributed by atoms with E-state index in [2.05, 4.69) is 4.98 Å². The molecule has 4 rings (SSSR count). The number of halogens is 2. The minimum atomic E-state index is -0.779. The summed E-state index contributed by atoms with van der Waals surface area (Å²) >= 11 is 5.94. The van der Waals surface area contributed by atoms with Gasteiger partial charge >= 0.3 is 5.97 Å². The fourth-order valence-electron chi connectivity index (χ4n) is 4.42. The van der Waals surface area contributed by atoms with Crippen molar-refractivity contribution < 1.29 is 9.90 Å². The van der Waals surface area contributed by atoms with Crippen LogP contribution in [0.5, 0.6) is 0 Å². The number of likely N-dealkylation sites (tertiary alicyclic amines) is 1. The van der Waals surface area contributed by atoms with Crippen molar-refractivity contribution >= 4 is 35.6 Å². The van der Waals surface area contributed by atoms with Crippen LogP contribution in [0.2, 0.25) is 5.02 Å². The number of aromatic nitrogens is 2. The smallest absolute Gasteiger partial charge is 0.320 e. The quantitative estimate of drug-likeness (QED) is 0.861. The molecular weight excluding hydrogens is 377 g/mol. The van der Waals surface area contributed by atoms with Gasteiger partial charge in [0, 0.05) is 24.8 Å². The molecule has 2 fully saturated rings. The highest BCUT2D eigenvalue weighted by Gasteiger charge is 2.45. The van der Waals surface area contributed by atoms with E-state index in [-0.39, 0.29) is 24.0 Å². The van der Waals surface area contributed by atoms with Gasteiger partial charge in [-0.1, -0.05) is 24.4 Å². The molecular formula is C18H21Cl2N3O3. The Morgan fingerprint density at radius 2 is 2.08 bits per heavy atom. The van der Waals surface area contributed by atoms with E-state index in [0.717, 1.165) is 19.3 Å². The van der Waals surface area contributed by atoms with E-state index in [9.17, 15) is 14.7 Å². The summed E-state index contributed by atoms with van der Waals surface area (Å²) < 4.78 is 1.41. The Kier molecular flexibility index (Phi) is 5.55. The normalized spacial score (nSPS) is 25.7. The highest BCUT2D eigenvalue weighted by molar-refractivity contribution is 6.30. The molecule has 1 saturated heterocycles. The minimum Gasteiger partial charge on any atom is -0.480 e. The molecule has 0 bridgehead atoms. The largest absolute Gasteiger partial charge is 0.480 e. The summed E-state index contributed by atoms with van der Waals surface area (Å²) in [6.45, 7) is 0.395. The van der Waals surface area contributed by atoms with E-state index >= 15 is 0 Å². The Bertz CT molecular complexity index is 886. The van der Waals surface area contributed by atoms with Gasteiger partial charge in [-0.05, 0) is 37.3 Å². The number of carboxylic acids is 1. The maximum atomic E-state index is 12.4. The van der Waals surface area contributed by atoms with Gasteiger partial charge in [0.25, 0.3) is 5.56 Å². The average molecular weight is 398 g/mol. The summed E-state index contributed by atoms with van der Waals surface area (Å²) in [6, 6.07) is 4.67. The maximum Gasteiger partial charge on any atom is 0.320 e. The number of fused-ring (bicyclic) bond motifs is 2. The van der Waals surface area contributed by atoms with Gasteiger partial charge in [0.1, 0.15) is 11.7 Å². The van der Waals surface area contributed by atoms with Crippen LogP contribution >= 0.6 is 24.0 Å². The van der Waals surface area contributed by atoms with Crippen LogP contribution in [0.1, 0.15) is 37.8 Å². The molecule has 0 spiro atoms. The molecule has 3 atom stereocenters. The van der Waals surface area contributed by atoms with Gasteiger partial charge in [-0.3, -0.25) is 18.9 Å². The lowest BCUT2D eigenvalue weighted by molar-refractivity contribution is -0.142. The summed E-state index contributed by atoms with van der Waals surface area (Å²) in [5.41, 5.74) is 0.941. The average Bonchev–Trinajstić information content (AvgIpc) is 2.95. The molecule has 1 N–H and O–H groups in total. The zero-order chi connectivity index (χ0) is 17.6. The van der Waals surface area contributed by atoms with Crippen LogP contribution in [0.3, 0.4) is 0 Å². The molecule has 26 heavy (non-hydrogen) atoms. The first-order valence-electron chi connectivity index (χ1n) is 8.69. The second-order valence-electron chi connectivity index (χ2n) is 7.04. The van der Waals surface area contributed by atoms with Gasteiger partial charge in [0.05, 0.1) is 10.7 Å². The van der Waals surface area contributed by atoms with E-state index in [1.807, 2.05) is 4.90 Å². The molecule has 3 heterocycles. The topological polar surface area (TPSA) is 74.9 Å². The number of carboxylic acid groups (broad SMARTS) is 1. The molecule has 1 aliphatic heterocycles. The van der Waals surface area contributed by atoms with E-state index in [1.165, 1.54) is 16.9 Å². The van der Waals surface area contributed by atoms with Crippen molar-refractivity contribution in [2.75, 3.05) is 0 Å². The van der Waals surface area contributed by atoms with Gasteiger partial charge in [-0.25, -0.2) is 4.98 Å². The zero-order valence-electron chi connectivity index (χ0n) is 14.2. The van der Waals surface area contributed by atoms with Crippen LogP contribution < -0.4 is 5.56 Å². The molecule has 140 valence electrons. The number of carbonyl (C=O) groups is 1. The summed E-state index contributed by atoms with van der Waals surface area (Å²) in [4.78, 5) is 30.7. The van der Waals surface area contributed by atoms with E-state index in [1.54, 1.807) is 18.3 Å².